The number of aryl methyl sites for hydroxylation is 1. The first-order valence-electron chi connectivity index (χ1n) is 6.73. The minimum Gasteiger partial charge on any atom is -0.453 e. The third-order valence-electron chi connectivity index (χ3n) is 2.96. The Balaban J connectivity index is 1.60. The number of carbonyl (C=O) groups excluding carboxylic acids is 1. The van der Waals surface area contributed by atoms with Gasteiger partial charge in [-0.25, -0.2) is 9.97 Å². The Kier molecular flexibility index (Phi) is 5.69. The van der Waals surface area contributed by atoms with Gasteiger partial charge in [0.15, 0.2) is 6.61 Å². The van der Waals surface area contributed by atoms with Gasteiger partial charge < -0.3 is 14.8 Å². The molecule has 7 heteroatoms. The van der Waals surface area contributed by atoms with E-state index in [4.69, 9.17) is 9.47 Å². The van der Waals surface area contributed by atoms with Gasteiger partial charge in [-0.3, -0.25) is 9.69 Å². The van der Waals surface area contributed by atoms with Crippen molar-refractivity contribution in [1.82, 2.24) is 20.2 Å². The van der Waals surface area contributed by atoms with Crippen molar-refractivity contribution in [3.05, 3.63) is 18.0 Å². The van der Waals surface area contributed by atoms with Crippen LogP contribution in [0.3, 0.4) is 0 Å². The minimum atomic E-state index is -0.164. The van der Waals surface area contributed by atoms with Crippen molar-refractivity contribution in [2.75, 3.05) is 46.0 Å². The maximum absolute atomic E-state index is 11.6. The van der Waals surface area contributed by atoms with Crippen LogP contribution in [0.2, 0.25) is 0 Å². The zero-order valence-electron chi connectivity index (χ0n) is 11.7. The SMILES string of the molecule is Cc1ccnc(OCC(=O)NCCN2CCOCC2)n1. The molecule has 7 nitrogen and oxygen atoms in total. The molecule has 0 aliphatic carbocycles. The van der Waals surface area contributed by atoms with Crippen LogP contribution in [0.1, 0.15) is 5.69 Å². The standard InChI is InChI=1S/C13H20N4O3/c1-11-2-3-15-13(16-11)20-10-12(18)14-4-5-17-6-8-19-9-7-17/h2-3H,4-10H2,1H3,(H,14,18). The lowest BCUT2D eigenvalue weighted by Gasteiger charge is -2.26. The van der Waals surface area contributed by atoms with Crippen LogP contribution in [0.15, 0.2) is 12.3 Å². The Morgan fingerprint density at radius 2 is 2.30 bits per heavy atom. The topological polar surface area (TPSA) is 76.6 Å². The zero-order chi connectivity index (χ0) is 14.2. The van der Waals surface area contributed by atoms with E-state index in [2.05, 4.69) is 20.2 Å². The molecule has 1 amide bonds. The molecule has 2 heterocycles. The van der Waals surface area contributed by atoms with E-state index in [1.807, 2.05) is 6.92 Å². The molecule has 1 aromatic rings. The first kappa shape index (κ1) is 14.7. The molecule has 0 saturated carbocycles. The quantitative estimate of drug-likeness (QED) is 0.765. The summed E-state index contributed by atoms with van der Waals surface area (Å²) >= 11 is 0. The predicted octanol–water partition coefficient (Wildman–Crippen LogP) is -0.388. The summed E-state index contributed by atoms with van der Waals surface area (Å²) in [6.07, 6.45) is 1.61. The Hall–Kier alpha value is -1.73. The highest BCUT2D eigenvalue weighted by molar-refractivity contribution is 5.77. The first-order chi connectivity index (χ1) is 9.74. The molecule has 20 heavy (non-hydrogen) atoms. The van der Waals surface area contributed by atoms with Crippen LogP contribution in [0.25, 0.3) is 0 Å². The molecule has 1 aliphatic heterocycles. The van der Waals surface area contributed by atoms with Gasteiger partial charge in [0.05, 0.1) is 13.2 Å². The van der Waals surface area contributed by atoms with Gasteiger partial charge in [-0.2, -0.15) is 0 Å². The molecule has 1 fully saturated rings. The number of nitrogens with zero attached hydrogens (tertiary/aromatic N) is 3. The highest BCUT2D eigenvalue weighted by atomic mass is 16.5. The summed E-state index contributed by atoms with van der Waals surface area (Å²) in [6, 6.07) is 2.00. The lowest BCUT2D eigenvalue weighted by atomic mass is 10.4. The number of aromatic nitrogens is 2. The summed E-state index contributed by atoms with van der Waals surface area (Å²) in [5.74, 6) is -0.164. The average molecular weight is 280 g/mol. The van der Waals surface area contributed by atoms with Crippen molar-refractivity contribution in [1.29, 1.82) is 0 Å². The summed E-state index contributed by atoms with van der Waals surface area (Å²) in [5.41, 5.74) is 0.808. The Morgan fingerprint density at radius 3 is 3.05 bits per heavy atom. The molecule has 0 aromatic carbocycles. The Bertz CT molecular complexity index is 435. The van der Waals surface area contributed by atoms with Gasteiger partial charge in [-0.05, 0) is 13.0 Å². The maximum atomic E-state index is 11.6. The molecule has 1 N–H and O–H groups in total. The fraction of sp³-hybridized carbons (Fsp3) is 0.615. The molecular weight excluding hydrogens is 260 g/mol. The van der Waals surface area contributed by atoms with Crippen LogP contribution in [0, 0.1) is 6.92 Å². The maximum Gasteiger partial charge on any atom is 0.317 e. The molecule has 0 bridgehead atoms. The van der Waals surface area contributed by atoms with Crippen molar-refractivity contribution >= 4 is 5.91 Å². The second-order valence-electron chi connectivity index (χ2n) is 4.57. The fourth-order valence-corrected chi connectivity index (χ4v) is 1.85. The summed E-state index contributed by atoms with van der Waals surface area (Å²) in [5, 5.41) is 2.81. The number of ether oxygens (including phenoxy) is 2. The molecule has 2 rings (SSSR count). The third kappa shape index (κ3) is 5.10. The second kappa shape index (κ2) is 7.76. The van der Waals surface area contributed by atoms with Crippen molar-refractivity contribution in [2.45, 2.75) is 6.92 Å². The normalized spacial score (nSPS) is 15.8. The van der Waals surface area contributed by atoms with E-state index < -0.39 is 0 Å². The second-order valence-corrected chi connectivity index (χ2v) is 4.57. The summed E-state index contributed by atoms with van der Waals surface area (Å²) in [4.78, 5) is 21.9. The van der Waals surface area contributed by atoms with Gasteiger partial charge >= 0.3 is 6.01 Å². The fourth-order valence-electron chi connectivity index (χ4n) is 1.85. The molecule has 0 unspecified atom stereocenters. The van der Waals surface area contributed by atoms with Crippen molar-refractivity contribution < 1.29 is 14.3 Å². The van der Waals surface area contributed by atoms with Crippen LogP contribution >= 0.6 is 0 Å². The lowest BCUT2D eigenvalue weighted by molar-refractivity contribution is -0.123. The smallest absolute Gasteiger partial charge is 0.317 e. The van der Waals surface area contributed by atoms with Gasteiger partial charge in [0, 0.05) is 38.1 Å². The van der Waals surface area contributed by atoms with Gasteiger partial charge in [-0.1, -0.05) is 0 Å². The van der Waals surface area contributed by atoms with Crippen LogP contribution in [0.4, 0.5) is 0 Å². The zero-order valence-corrected chi connectivity index (χ0v) is 11.7. The summed E-state index contributed by atoms with van der Waals surface area (Å²) in [7, 11) is 0. The van der Waals surface area contributed by atoms with E-state index in [1.165, 1.54) is 0 Å². The molecule has 1 aliphatic rings. The minimum absolute atomic E-state index is 0.0629. The van der Waals surface area contributed by atoms with E-state index in [0.29, 0.717) is 6.54 Å². The molecule has 110 valence electrons. The Morgan fingerprint density at radius 1 is 1.50 bits per heavy atom. The molecule has 0 radical (unpaired) electrons. The van der Waals surface area contributed by atoms with Gasteiger partial charge in [0.25, 0.3) is 5.91 Å². The van der Waals surface area contributed by atoms with Crippen molar-refractivity contribution in [3.8, 4) is 6.01 Å². The number of hydrogen-bond donors (Lipinski definition) is 1. The summed E-state index contributed by atoms with van der Waals surface area (Å²) in [6.45, 7) is 6.59. The lowest BCUT2D eigenvalue weighted by Crippen LogP contribution is -2.42. The summed E-state index contributed by atoms with van der Waals surface area (Å²) < 4.78 is 10.5. The van der Waals surface area contributed by atoms with E-state index in [1.54, 1.807) is 12.3 Å². The van der Waals surface area contributed by atoms with E-state index in [-0.39, 0.29) is 18.5 Å². The number of carbonyl (C=O) groups is 1. The number of morpholine rings is 1. The monoisotopic (exact) mass is 280 g/mol. The number of amides is 1. The molecule has 1 aromatic heterocycles. The number of hydrogen-bond acceptors (Lipinski definition) is 6. The van der Waals surface area contributed by atoms with Crippen LogP contribution in [-0.2, 0) is 9.53 Å². The Labute approximate surface area is 118 Å². The molecule has 0 spiro atoms. The highest BCUT2D eigenvalue weighted by Crippen LogP contribution is 2.01. The number of nitrogens with one attached hydrogen (secondary N) is 1. The van der Waals surface area contributed by atoms with Crippen molar-refractivity contribution in [3.63, 3.8) is 0 Å². The van der Waals surface area contributed by atoms with Crippen LogP contribution in [-0.4, -0.2) is 66.8 Å². The van der Waals surface area contributed by atoms with Crippen molar-refractivity contribution in [2.24, 2.45) is 0 Å². The average Bonchev–Trinajstić information content (AvgIpc) is 2.46. The number of rotatable bonds is 6. The molecule has 0 atom stereocenters. The van der Waals surface area contributed by atoms with Gasteiger partial charge in [-0.15, -0.1) is 0 Å². The highest BCUT2D eigenvalue weighted by Gasteiger charge is 2.10. The van der Waals surface area contributed by atoms with E-state index >= 15 is 0 Å². The first-order valence-corrected chi connectivity index (χ1v) is 6.73. The van der Waals surface area contributed by atoms with Gasteiger partial charge in [0.2, 0.25) is 0 Å². The van der Waals surface area contributed by atoms with E-state index in [0.717, 1.165) is 38.5 Å². The van der Waals surface area contributed by atoms with Crippen LogP contribution < -0.4 is 10.1 Å². The largest absolute Gasteiger partial charge is 0.453 e. The van der Waals surface area contributed by atoms with Gasteiger partial charge in [0.1, 0.15) is 0 Å². The van der Waals surface area contributed by atoms with E-state index in [9.17, 15) is 4.79 Å². The van der Waals surface area contributed by atoms with Crippen LogP contribution in [0.5, 0.6) is 6.01 Å². The molecule has 1 saturated heterocycles. The predicted molar refractivity (Wildman–Crippen MR) is 72.5 cm³/mol. The molecular formula is C13H20N4O3. The third-order valence-corrected chi connectivity index (χ3v) is 2.96.